The molecule has 0 aromatic carbocycles. The summed E-state index contributed by atoms with van der Waals surface area (Å²) in [4.78, 5) is 37.6. The summed E-state index contributed by atoms with van der Waals surface area (Å²) in [5.41, 5.74) is 5.45. The van der Waals surface area contributed by atoms with Crippen LogP contribution in [-0.4, -0.2) is 40.4 Å². The van der Waals surface area contributed by atoms with Crippen LogP contribution in [0.25, 0.3) is 0 Å². The lowest BCUT2D eigenvalue weighted by Gasteiger charge is -2.27. The molecule has 2 amide bonds. The van der Waals surface area contributed by atoms with Crippen LogP contribution in [0.15, 0.2) is 0 Å². The molecule has 0 heterocycles. The van der Waals surface area contributed by atoms with Crippen LogP contribution in [0.5, 0.6) is 0 Å². The fourth-order valence-corrected chi connectivity index (χ4v) is 2.63. The van der Waals surface area contributed by atoms with Gasteiger partial charge in [0.15, 0.2) is 0 Å². The molecule has 0 fully saturated rings. The van der Waals surface area contributed by atoms with Gasteiger partial charge in [0, 0.05) is 12.8 Å². The summed E-state index contributed by atoms with van der Waals surface area (Å²) in [6, 6.07) is -1.07. The third kappa shape index (κ3) is 9.01. The van der Waals surface area contributed by atoms with E-state index in [1.807, 2.05) is 13.8 Å². The van der Waals surface area contributed by atoms with E-state index in [0.717, 1.165) is 30.6 Å². The average Bonchev–Trinajstić information content (AvgIpc) is 2.54. The van der Waals surface area contributed by atoms with E-state index in [0.29, 0.717) is 32.2 Å². The first kappa shape index (κ1) is 22.6. The highest BCUT2D eigenvalue weighted by atomic mass is 16.4. The van der Waals surface area contributed by atoms with Gasteiger partial charge < -0.3 is 10.8 Å². The van der Waals surface area contributed by atoms with Gasteiger partial charge in [0.05, 0.1) is 0 Å². The third-order valence-corrected chi connectivity index (χ3v) is 4.05. The molecule has 0 aromatic heterocycles. The second kappa shape index (κ2) is 14.0. The minimum absolute atomic E-state index is 0.230. The topological polar surface area (TPSA) is 101 Å². The zero-order valence-electron chi connectivity index (χ0n) is 15.3. The van der Waals surface area contributed by atoms with Crippen LogP contribution in [0.1, 0.15) is 84.5 Å². The molecule has 0 aliphatic carbocycles. The highest BCUT2D eigenvalue weighted by molar-refractivity contribution is 5.99. The maximum atomic E-state index is 12.5. The molecule has 3 N–H and O–H groups in total. The fraction of sp³-hybridized carbons (Fsp3) is 0.833. The summed E-state index contributed by atoms with van der Waals surface area (Å²) in [7, 11) is 0. The van der Waals surface area contributed by atoms with Crippen LogP contribution in [0.4, 0.5) is 0 Å². The smallest absolute Gasteiger partial charge is 0.326 e. The van der Waals surface area contributed by atoms with Gasteiger partial charge in [0.25, 0.3) is 0 Å². The molecule has 0 aliphatic heterocycles. The summed E-state index contributed by atoms with van der Waals surface area (Å²) in [6.07, 6.45) is 7.11. The van der Waals surface area contributed by atoms with Gasteiger partial charge in [-0.05, 0) is 38.6 Å². The van der Waals surface area contributed by atoms with Crippen LogP contribution >= 0.6 is 0 Å². The van der Waals surface area contributed by atoms with Crippen molar-refractivity contribution in [3.63, 3.8) is 0 Å². The second-order valence-corrected chi connectivity index (χ2v) is 6.21. The van der Waals surface area contributed by atoms with Crippen molar-refractivity contribution < 1.29 is 19.5 Å². The number of carbonyl (C=O) groups excluding carboxylic acids is 2. The summed E-state index contributed by atoms with van der Waals surface area (Å²) in [5, 5.41) is 9.51. The zero-order chi connectivity index (χ0) is 18.4. The molecule has 0 saturated carbocycles. The van der Waals surface area contributed by atoms with Crippen molar-refractivity contribution in [1.82, 2.24) is 4.90 Å². The lowest BCUT2D eigenvalue weighted by molar-refractivity contribution is -0.158. The molecule has 0 aromatic rings. The summed E-state index contributed by atoms with van der Waals surface area (Å²) < 4.78 is 0. The summed E-state index contributed by atoms with van der Waals surface area (Å²) in [5.74, 6) is -1.82. The molecule has 140 valence electrons. The third-order valence-electron chi connectivity index (χ3n) is 4.05. The number of unbranched alkanes of at least 4 members (excludes halogenated alkanes) is 5. The largest absolute Gasteiger partial charge is 0.480 e. The van der Waals surface area contributed by atoms with Gasteiger partial charge in [0.1, 0.15) is 6.04 Å². The quantitative estimate of drug-likeness (QED) is 0.472. The number of nitrogens with zero attached hydrogens (tertiary/aromatic N) is 1. The van der Waals surface area contributed by atoms with Crippen molar-refractivity contribution in [2.24, 2.45) is 5.73 Å². The van der Waals surface area contributed by atoms with Crippen LogP contribution in [-0.2, 0) is 14.4 Å². The molecule has 0 radical (unpaired) electrons. The summed E-state index contributed by atoms with van der Waals surface area (Å²) in [6.45, 7) is 4.54. The Kier molecular flexibility index (Phi) is 13.1. The van der Waals surface area contributed by atoms with Gasteiger partial charge in [-0.3, -0.25) is 14.5 Å². The van der Waals surface area contributed by atoms with E-state index in [4.69, 9.17) is 5.73 Å². The Morgan fingerprint density at radius 2 is 1.38 bits per heavy atom. The molecule has 1 unspecified atom stereocenters. The fourth-order valence-electron chi connectivity index (χ4n) is 2.63. The average molecular weight is 342 g/mol. The van der Waals surface area contributed by atoms with E-state index in [2.05, 4.69) is 0 Å². The van der Waals surface area contributed by atoms with Gasteiger partial charge in [-0.15, -0.1) is 0 Å². The van der Waals surface area contributed by atoms with E-state index in [-0.39, 0.29) is 31.1 Å². The van der Waals surface area contributed by atoms with E-state index >= 15 is 0 Å². The predicted octanol–water partition coefficient (Wildman–Crippen LogP) is 3.08. The Balaban J connectivity index is 5.04. The maximum absolute atomic E-state index is 12.5. The van der Waals surface area contributed by atoms with Gasteiger partial charge in [0.2, 0.25) is 11.8 Å². The van der Waals surface area contributed by atoms with Crippen LogP contribution in [0.2, 0.25) is 0 Å². The Labute approximate surface area is 145 Å². The SMILES string of the molecule is CCCCCC(=O)N(C(=O)CCCCC)C(CCCCN)C(=O)O. The molecule has 1 atom stereocenters. The molecular weight excluding hydrogens is 308 g/mol. The molecule has 0 aliphatic rings. The minimum Gasteiger partial charge on any atom is -0.480 e. The van der Waals surface area contributed by atoms with Crippen molar-refractivity contribution in [3.05, 3.63) is 0 Å². The van der Waals surface area contributed by atoms with Gasteiger partial charge in [-0.25, -0.2) is 4.79 Å². The highest BCUT2D eigenvalue weighted by Gasteiger charge is 2.33. The van der Waals surface area contributed by atoms with Gasteiger partial charge in [-0.1, -0.05) is 39.5 Å². The maximum Gasteiger partial charge on any atom is 0.326 e. The number of amides is 2. The van der Waals surface area contributed by atoms with Crippen LogP contribution in [0, 0.1) is 0 Å². The molecule has 0 rings (SSSR count). The monoisotopic (exact) mass is 342 g/mol. The van der Waals surface area contributed by atoms with Crippen LogP contribution < -0.4 is 5.73 Å². The zero-order valence-corrected chi connectivity index (χ0v) is 15.3. The molecule has 0 bridgehead atoms. The van der Waals surface area contributed by atoms with Crippen molar-refractivity contribution in [1.29, 1.82) is 0 Å². The van der Waals surface area contributed by atoms with Gasteiger partial charge >= 0.3 is 5.97 Å². The van der Waals surface area contributed by atoms with E-state index in [9.17, 15) is 19.5 Å². The molecule has 0 saturated heterocycles. The second-order valence-electron chi connectivity index (χ2n) is 6.21. The first-order valence-corrected chi connectivity index (χ1v) is 9.27. The normalized spacial score (nSPS) is 12.0. The first-order chi connectivity index (χ1) is 11.5. The Morgan fingerprint density at radius 1 is 0.875 bits per heavy atom. The Morgan fingerprint density at radius 3 is 1.75 bits per heavy atom. The Hall–Kier alpha value is -1.43. The van der Waals surface area contributed by atoms with Crippen molar-refractivity contribution >= 4 is 17.8 Å². The molecular formula is C18H34N2O4. The number of hydrogen-bond acceptors (Lipinski definition) is 4. The predicted molar refractivity (Wildman–Crippen MR) is 94.5 cm³/mol. The van der Waals surface area contributed by atoms with E-state index < -0.39 is 12.0 Å². The number of carboxylic acids is 1. The summed E-state index contributed by atoms with van der Waals surface area (Å²) >= 11 is 0. The molecule has 24 heavy (non-hydrogen) atoms. The molecule has 0 spiro atoms. The Bertz CT molecular complexity index is 363. The van der Waals surface area contributed by atoms with Crippen molar-refractivity contribution in [2.75, 3.05) is 6.54 Å². The number of carbonyl (C=O) groups is 3. The van der Waals surface area contributed by atoms with Crippen molar-refractivity contribution in [3.8, 4) is 0 Å². The number of carboxylic acid groups (broad SMARTS) is 1. The number of aliphatic carboxylic acids is 1. The van der Waals surface area contributed by atoms with E-state index in [1.54, 1.807) is 0 Å². The lowest BCUT2D eigenvalue weighted by Crippen LogP contribution is -2.48. The number of hydrogen-bond donors (Lipinski definition) is 2. The number of imide groups is 1. The van der Waals surface area contributed by atoms with Crippen LogP contribution in [0.3, 0.4) is 0 Å². The molecule has 6 nitrogen and oxygen atoms in total. The molecule has 6 heteroatoms. The van der Waals surface area contributed by atoms with Gasteiger partial charge in [-0.2, -0.15) is 0 Å². The van der Waals surface area contributed by atoms with E-state index in [1.165, 1.54) is 0 Å². The number of rotatable bonds is 14. The minimum atomic E-state index is -1.11. The standard InChI is InChI=1S/C18H34N2O4/c1-3-5-7-12-16(21)20(17(22)13-8-6-4-2)15(18(23)24)11-9-10-14-19/h15H,3-14,19H2,1-2H3,(H,23,24). The number of nitrogens with two attached hydrogens (primary N) is 1. The van der Waals surface area contributed by atoms with Crippen molar-refractivity contribution in [2.45, 2.75) is 90.5 Å². The highest BCUT2D eigenvalue weighted by Crippen LogP contribution is 2.16. The lowest BCUT2D eigenvalue weighted by atomic mass is 10.0. The first-order valence-electron chi connectivity index (χ1n) is 9.27.